The van der Waals surface area contributed by atoms with Gasteiger partial charge in [-0.05, 0) is 55.4 Å². The second-order valence-corrected chi connectivity index (χ2v) is 9.89. The van der Waals surface area contributed by atoms with E-state index in [1.165, 1.54) is 36.8 Å². The van der Waals surface area contributed by atoms with Gasteiger partial charge in [0, 0.05) is 55.1 Å². The monoisotopic (exact) mass is 454 g/mol. The Morgan fingerprint density at radius 3 is 2.50 bits per heavy atom. The zero-order valence-electron chi connectivity index (χ0n) is 20.1. The molecule has 34 heavy (non-hydrogen) atoms. The highest BCUT2D eigenvalue weighted by atomic mass is 16.2. The summed E-state index contributed by atoms with van der Waals surface area (Å²) in [5.74, 6) is 2.13. The Bertz CT molecular complexity index is 1120. The van der Waals surface area contributed by atoms with E-state index in [-0.39, 0.29) is 0 Å². The van der Waals surface area contributed by atoms with Crippen molar-refractivity contribution in [1.29, 1.82) is 0 Å². The topological polar surface area (TPSA) is 59.0 Å². The number of carbonyl (C=O) groups is 1. The molecule has 3 aromatic rings. The van der Waals surface area contributed by atoms with E-state index in [4.69, 9.17) is 9.97 Å². The second-order valence-electron chi connectivity index (χ2n) is 9.89. The first-order valence-electron chi connectivity index (χ1n) is 12.8. The number of likely N-dealkylation sites (tertiary alicyclic amines) is 1. The summed E-state index contributed by atoms with van der Waals surface area (Å²) in [5.41, 5.74) is 5.55. The molecule has 0 unspecified atom stereocenters. The van der Waals surface area contributed by atoms with Crippen molar-refractivity contribution in [1.82, 2.24) is 19.9 Å². The van der Waals surface area contributed by atoms with Gasteiger partial charge in [0.2, 0.25) is 5.91 Å². The molecule has 1 aliphatic carbocycles. The van der Waals surface area contributed by atoms with E-state index in [0.29, 0.717) is 18.2 Å². The molecule has 1 saturated carbocycles. The molecule has 0 spiro atoms. The van der Waals surface area contributed by atoms with Gasteiger partial charge in [0.1, 0.15) is 0 Å². The van der Waals surface area contributed by atoms with Crippen molar-refractivity contribution in [2.45, 2.75) is 64.2 Å². The van der Waals surface area contributed by atoms with Gasteiger partial charge in [-0.25, -0.2) is 9.97 Å². The number of carbonyl (C=O) groups excluding carboxylic acids is 1. The lowest BCUT2D eigenvalue weighted by molar-refractivity contribution is -0.132. The number of aromatic nitrogens is 3. The third-order valence-corrected chi connectivity index (χ3v) is 7.65. The van der Waals surface area contributed by atoms with Gasteiger partial charge in [-0.1, -0.05) is 49.9 Å². The van der Waals surface area contributed by atoms with Crippen molar-refractivity contribution < 1.29 is 4.79 Å². The Hall–Kier alpha value is -3.08. The Morgan fingerprint density at radius 1 is 0.971 bits per heavy atom. The van der Waals surface area contributed by atoms with Crippen molar-refractivity contribution >= 4 is 5.91 Å². The summed E-state index contributed by atoms with van der Waals surface area (Å²) in [6.45, 7) is 3.76. The molecule has 1 aromatic carbocycles. The summed E-state index contributed by atoms with van der Waals surface area (Å²) in [6, 6.07) is 12.4. The van der Waals surface area contributed by atoms with Crippen LogP contribution in [0.25, 0.3) is 22.5 Å². The minimum atomic E-state index is 0.312. The van der Waals surface area contributed by atoms with Crippen LogP contribution in [0.3, 0.4) is 0 Å². The molecule has 1 amide bonds. The average molecular weight is 455 g/mol. The molecular weight excluding hydrogens is 420 g/mol. The number of nitrogens with zero attached hydrogens (tertiary/aromatic N) is 4. The highest BCUT2D eigenvalue weighted by Gasteiger charge is 2.28. The van der Waals surface area contributed by atoms with Crippen LogP contribution in [0.5, 0.6) is 0 Å². The second kappa shape index (κ2) is 10.5. The quantitative estimate of drug-likeness (QED) is 0.445. The van der Waals surface area contributed by atoms with Crippen molar-refractivity contribution in [2.75, 3.05) is 13.1 Å². The third kappa shape index (κ3) is 5.03. The van der Waals surface area contributed by atoms with E-state index >= 15 is 0 Å². The SMILES string of the molecule is Cc1ccccc1-c1cnc(-c2cccnc2)nc1C1CCN(C(=O)CCC2CCCC2)CC1. The van der Waals surface area contributed by atoms with Crippen LogP contribution in [-0.4, -0.2) is 38.8 Å². The van der Waals surface area contributed by atoms with E-state index in [1.54, 1.807) is 6.20 Å². The van der Waals surface area contributed by atoms with E-state index in [1.807, 2.05) is 24.5 Å². The Balaban J connectivity index is 1.35. The Morgan fingerprint density at radius 2 is 1.76 bits per heavy atom. The van der Waals surface area contributed by atoms with Gasteiger partial charge in [0.05, 0.1) is 5.69 Å². The summed E-state index contributed by atoms with van der Waals surface area (Å²) in [7, 11) is 0. The van der Waals surface area contributed by atoms with Gasteiger partial charge in [-0.2, -0.15) is 0 Å². The first kappa shape index (κ1) is 22.7. The smallest absolute Gasteiger partial charge is 0.222 e. The fourth-order valence-electron chi connectivity index (χ4n) is 5.61. The summed E-state index contributed by atoms with van der Waals surface area (Å²) >= 11 is 0. The minimum absolute atomic E-state index is 0.312. The molecule has 2 fully saturated rings. The summed E-state index contributed by atoms with van der Waals surface area (Å²) in [5, 5.41) is 0. The van der Waals surface area contributed by atoms with Crippen molar-refractivity contribution in [3.63, 3.8) is 0 Å². The van der Waals surface area contributed by atoms with Crippen LogP contribution in [-0.2, 0) is 4.79 Å². The molecule has 0 atom stereocenters. The lowest BCUT2D eigenvalue weighted by Crippen LogP contribution is -2.38. The molecule has 1 aliphatic heterocycles. The summed E-state index contributed by atoms with van der Waals surface area (Å²) in [4.78, 5) is 29.0. The molecule has 3 heterocycles. The minimum Gasteiger partial charge on any atom is -0.343 e. The number of benzene rings is 1. The van der Waals surface area contributed by atoms with E-state index < -0.39 is 0 Å². The van der Waals surface area contributed by atoms with Crippen LogP contribution in [0, 0.1) is 12.8 Å². The third-order valence-electron chi connectivity index (χ3n) is 7.65. The predicted octanol–water partition coefficient (Wildman–Crippen LogP) is 6.19. The van der Waals surface area contributed by atoms with Gasteiger partial charge in [-0.15, -0.1) is 0 Å². The largest absolute Gasteiger partial charge is 0.343 e. The van der Waals surface area contributed by atoms with Crippen LogP contribution < -0.4 is 0 Å². The molecule has 0 N–H and O–H groups in total. The molecule has 176 valence electrons. The zero-order chi connectivity index (χ0) is 23.3. The fraction of sp³-hybridized carbons (Fsp3) is 0.448. The van der Waals surface area contributed by atoms with Gasteiger partial charge in [0.15, 0.2) is 5.82 Å². The Labute approximate surface area is 202 Å². The standard InChI is InChI=1S/C29H34N4O/c1-21-7-2-5-11-25(21)26-20-31-29(24-10-6-16-30-19-24)32-28(26)23-14-17-33(18-15-23)27(34)13-12-22-8-3-4-9-22/h2,5-7,10-11,16,19-20,22-23H,3-4,8-9,12-15,17-18H2,1H3. The van der Waals surface area contributed by atoms with Gasteiger partial charge in [-0.3, -0.25) is 9.78 Å². The zero-order valence-corrected chi connectivity index (χ0v) is 20.1. The predicted molar refractivity (Wildman–Crippen MR) is 135 cm³/mol. The number of hydrogen-bond donors (Lipinski definition) is 0. The molecule has 1 saturated heterocycles. The fourth-order valence-corrected chi connectivity index (χ4v) is 5.61. The molecule has 5 rings (SSSR count). The number of amides is 1. The number of piperidine rings is 1. The maximum absolute atomic E-state index is 12.9. The number of aryl methyl sites for hydroxylation is 1. The van der Waals surface area contributed by atoms with Crippen molar-refractivity contribution in [3.8, 4) is 22.5 Å². The van der Waals surface area contributed by atoms with Crippen molar-refractivity contribution in [3.05, 3.63) is 66.2 Å². The lowest BCUT2D eigenvalue weighted by atomic mass is 9.87. The molecule has 2 aliphatic rings. The number of rotatable bonds is 6. The molecule has 2 aromatic heterocycles. The average Bonchev–Trinajstić information content (AvgIpc) is 3.42. The Kier molecular flexibility index (Phi) is 6.98. The molecule has 0 bridgehead atoms. The maximum Gasteiger partial charge on any atom is 0.222 e. The molecule has 5 heteroatoms. The molecule has 5 nitrogen and oxygen atoms in total. The van der Waals surface area contributed by atoms with Gasteiger partial charge >= 0.3 is 0 Å². The van der Waals surface area contributed by atoms with Crippen LogP contribution in [0.2, 0.25) is 0 Å². The van der Waals surface area contributed by atoms with Crippen molar-refractivity contribution in [2.24, 2.45) is 5.92 Å². The molecular formula is C29H34N4O. The summed E-state index contributed by atoms with van der Waals surface area (Å²) < 4.78 is 0. The lowest BCUT2D eigenvalue weighted by Gasteiger charge is -2.33. The van der Waals surface area contributed by atoms with E-state index in [9.17, 15) is 4.79 Å². The van der Waals surface area contributed by atoms with Gasteiger partial charge < -0.3 is 4.90 Å². The van der Waals surface area contributed by atoms with E-state index in [2.05, 4.69) is 41.1 Å². The number of hydrogen-bond acceptors (Lipinski definition) is 4. The van der Waals surface area contributed by atoms with Crippen LogP contribution in [0.1, 0.15) is 68.5 Å². The maximum atomic E-state index is 12.9. The van der Waals surface area contributed by atoms with Crippen LogP contribution >= 0.6 is 0 Å². The highest BCUT2D eigenvalue weighted by molar-refractivity contribution is 5.76. The van der Waals surface area contributed by atoms with Crippen LogP contribution in [0.4, 0.5) is 0 Å². The molecule has 0 radical (unpaired) electrons. The first-order chi connectivity index (χ1) is 16.7. The van der Waals surface area contributed by atoms with E-state index in [0.717, 1.165) is 60.9 Å². The first-order valence-corrected chi connectivity index (χ1v) is 12.8. The summed E-state index contributed by atoms with van der Waals surface area (Å²) in [6.07, 6.45) is 14.5. The number of pyridine rings is 1. The van der Waals surface area contributed by atoms with Gasteiger partial charge in [0.25, 0.3) is 0 Å². The highest BCUT2D eigenvalue weighted by Crippen LogP contribution is 2.36. The van der Waals surface area contributed by atoms with Crippen LogP contribution in [0.15, 0.2) is 55.0 Å². The normalized spacial score (nSPS) is 17.3.